The normalized spacial score (nSPS) is 14.5. The highest BCUT2D eigenvalue weighted by Crippen LogP contribution is 2.35. The van der Waals surface area contributed by atoms with Gasteiger partial charge in [0.25, 0.3) is 0 Å². The Kier molecular flexibility index (Phi) is 6.50. The van der Waals surface area contributed by atoms with Crippen molar-refractivity contribution in [2.75, 3.05) is 6.61 Å². The van der Waals surface area contributed by atoms with Crippen molar-refractivity contribution in [2.24, 2.45) is 5.16 Å². The van der Waals surface area contributed by atoms with Gasteiger partial charge in [0.1, 0.15) is 6.61 Å². The first kappa shape index (κ1) is 20.4. The molecule has 3 rings (SSSR count). The number of carbonyl (C=O) groups excluding carboxylic acids is 1. The van der Waals surface area contributed by atoms with Crippen molar-refractivity contribution >= 4 is 17.8 Å². The fourth-order valence-corrected chi connectivity index (χ4v) is 3.03. The van der Waals surface area contributed by atoms with Crippen molar-refractivity contribution in [1.82, 2.24) is 0 Å². The molecule has 0 aromatic heterocycles. The number of hydrogen-bond donors (Lipinski definition) is 0. The van der Waals surface area contributed by atoms with E-state index in [1.54, 1.807) is 13.0 Å². The summed E-state index contributed by atoms with van der Waals surface area (Å²) in [5.41, 5.74) is 5.03. The van der Waals surface area contributed by atoms with E-state index in [9.17, 15) is 4.79 Å². The highest BCUT2D eigenvalue weighted by molar-refractivity contribution is 6.24. The van der Waals surface area contributed by atoms with Crippen LogP contribution in [0.15, 0.2) is 59.8 Å². The first-order valence-electron chi connectivity index (χ1n) is 9.58. The third kappa shape index (κ3) is 4.93. The summed E-state index contributed by atoms with van der Waals surface area (Å²) in [6.45, 7) is 10.5. The maximum atomic E-state index is 11.9. The first-order chi connectivity index (χ1) is 14.0. The van der Waals surface area contributed by atoms with Gasteiger partial charge in [-0.1, -0.05) is 41.1 Å². The molecule has 0 spiro atoms. The number of hydrogen-bond acceptors (Lipinski definition) is 5. The van der Waals surface area contributed by atoms with Crippen LogP contribution in [0, 0.1) is 6.92 Å². The highest BCUT2D eigenvalue weighted by Gasteiger charge is 2.22. The minimum absolute atomic E-state index is 0.434. The summed E-state index contributed by atoms with van der Waals surface area (Å²) in [4.78, 5) is 16.6. The van der Waals surface area contributed by atoms with Gasteiger partial charge in [-0.15, -0.1) is 6.58 Å². The minimum Gasteiger partial charge on any atom is -0.490 e. The van der Waals surface area contributed by atoms with Crippen LogP contribution >= 0.6 is 0 Å². The maximum absolute atomic E-state index is 11.9. The van der Waals surface area contributed by atoms with Crippen molar-refractivity contribution in [3.63, 3.8) is 0 Å². The Labute approximate surface area is 171 Å². The predicted octanol–water partition coefficient (Wildman–Crippen LogP) is 5.02. The molecule has 0 fully saturated rings. The van der Waals surface area contributed by atoms with Crippen LogP contribution in [-0.4, -0.2) is 18.3 Å². The van der Waals surface area contributed by atoms with E-state index in [1.807, 2.05) is 25.1 Å². The summed E-state index contributed by atoms with van der Waals surface area (Å²) in [5.74, 6) is 0.867. The molecule has 0 bridgehead atoms. The van der Waals surface area contributed by atoms with Gasteiger partial charge in [0.05, 0.1) is 17.9 Å². The number of oxime groups is 1. The third-order valence-electron chi connectivity index (χ3n) is 4.51. The summed E-state index contributed by atoms with van der Waals surface area (Å²) in [7, 11) is 0. The number of rotatable bonds is 8. The monoisotopic (exact) mass is 391 g/mol. The number of nitrogens with zero attached hydrogens (tertiary/aromatic N) is 1. The van der Waals surface area contributed by atoms with Crippen LogP contribution in [0.25, 0.3) is 6.08 Å². The second-order valence-corrected chi connectivity index (χ2v) is 6.82. The molecule has 5 heteroatoms. The van der Waals surface area contributed by atoms with Crippen molar-refractivity contribution < 1.29 is 19.1 Å². The molecular weight excluding hydrogens is 366 g/mol. The molecule has 0 unspecified atom stereocenters. The van der Waals surface area contributed by atoms with Crippen LogP contribution in [0.2, 0.25) is 0 Å². The molecule has 150 valence electrons. The average molecular weight is 391 g/mol. The number of benzene rings is 2. The maximum Gasteiger partial charge on any atom is 0.367 e. The summed E-state index contributed by atoms with van der Waals surface area (Å²) < 4.78 is 12.0. The second-order valence-electron chi connectivity index (χ2n) is 6.82. The van der Waals surface area contributed by atoms with Crippen LogP contribution < -0.4 is 9.47 Å². The van der Waals surface area contributed by atoms with E-state index in [-0.39, 0.29) is 0 Å². The van der Waals surface area contributed by atoms with Crippen molar-refractivity contribution in [3.05, 3.63) is 76.9 Å². The van der Waals surface area contributed by atoms with Gasteiger partial charge in [0.2, 0.25) is 0 Å². The summed E-state index contributed by atoms with van der Waals surface area (Å²) in [5, 5.41) is 3.73. The molecular formula is C24H25NO4. The molecule has 5 nitrogen and oxygen atoms in total. The fourth-order valence-electron chi connectivity index (χ4n) is 3.03. The largest absolute Gasteiger partial charge is 0.490 e. The van der Waals surface area contributed by atoms with Gasteiger partial charge in [0.15, 0.2) is 11.5 Å². The van der Waals surface area contributed by atoms with Gasteiger partial charge in [0, 0.05) is 5.56 Å². The average Bonchev–Trinajstić information content (AvgIpc) is 3.01. The van der Waals surface area contributed by atoms with E-state index in [2.05, 4.69) is 42.9 Å². The van der Waals surface area contributed by atoms with Crippen molar-refractivity contribution in [3.8, 4) is 11.5 Å². The van der Waals surface area contributed by atoms with Crippen LogP contribution in [0.1, 0.15) is 36.1 Å². The Bertz CT molecular complexity index is 971. The van der Waals surface area contributed by atoms with E-state index in [1.165, 1.54) is 5.56 Å². The molecule has 29 heavy (non-hydrogen) atoms. The van der Waals surface area contributed by atoms with E-state index >= 15 is 0 Å². The molecule has 2 aromatic carbocycles. The van der Waals surface area contributed by atoms with E-state index < -0.39 is 5.97 Å². The SMILES string of the molecule is C=CCc1cc(/C=C2\C(=O)ON=C2C)cc(OCC)c1OCc1ccc(C)cc1. The zero-order valence-corrected chi connectivity index (χ0v) is 17.0. The molecule has 0 amide bonds. The molecule has 0 saturated heterocycles. The summed E-state index contributed by atoms with van der Waals surface area (Å²) >= 11 is 0. The molecule has 0 radical (unpaired) electrons. The lowest BCUT2D eigenvalue weighted by molar-refractivity contribution is -0.136. The Morgan fingerprint density at radius 2 is 1.90 bits per heavy atom. The number of carbonyl (C=O) groups is 1. The summed E-state index contributed by atoms with van der Waals surface area (Å²) in [6, 6.07) is 12.1. The van der Waals surface area contributed by atoms with Crippen LogP contribution in [0.4, 0.5) is 0 Å². The molecule has 2 aromatic rings. The lowest BCUT2D eigenvalue weighted by atomic mass is 10.0. The predicted molar refractivity (Wildman–Crippen MR) is 114 cm³/mol. The van der Waals surface area contributed by atoms with Gasteiger partial charge in [-0.3, -0.25) is 0 Å². The van der Waals surface area contributed by atoms with Crippen molar-refractivity contribution in [1.29, 1.82) is 0 Å². The minimum atomic E-state index is -0.453. The zero-order chi connectivity index (χ0) is 20.8. The number of allylic oxidation sites excluding steroid dienone is 1. The van der Waals surface area contributed by atoms with E-state index in [0.717, 1.165) is 16.7 Å². The van der Waals surface area contributed by atoms with Gasteiger partial charge >= 0.3 is 5.97 Å². The number of aryl methyl sites for hydroxylation is 1. The Hall–Kier alpha value is -3.34. The Balaban J connectivity index is 1.96. The topological polar surface area (TPSA) is 57.1 Å². The van der Waals surface area contributed by atoms with Crippen molar-refractivity contribution in [2.45, 2.75) is 33.8 Å². The van der Waals surface area contributed by atoms with Crippen LogP contribution in [-0.2, 0) is 22.7 Å². The van der Waals surface area contributed by atoms with Gasteiger partial charge in [-0.05, 0) is 56.5 Å². The molecule has 0 N–H and O–H groups in total. The second kappa shape index (κ2) is 9.24. The van der Waals surface area contributed by atoms with Gasteiger partial charge < -0.3 is 14.3 Å². The molecule has 0 atom stereocenters. The fraction of sp³-hybridized carbons (Fsp3) is 0.250. The molecule has 1 heterocycles. The Morgan fingerprint density at radius 3 is 2.52 bits per heavy atom. The third-order valence-corrected chi connectivity index (χ3v) is 4.51. The quantitative estimate of drug-likeness (QED) is 0.360. The van der Waals surface area contributed by atoms with Crippen LogP contribution in [0.3, 0.4) is 0 Å². The smallest absolute Gasteiger partial charge is 0.367 e. The summed E-state index contributed by atoms with van der Waals surface area (Å²) in [6.07, 6.45) is 4.18. The van der Waals surface area contributed by atoms with Crippen LogP contribution in [0.5, 0.6) is 11.5 Å². The standard InChI is InChI=1S/C24H25NO4/c1-5-7-20-12-19(13-21-17(4)25-29-24(21)26)14-22(27-6-2)23(20)28-15-18-10-8-16(3)9-11-18/h5,8-14H,1,6-7,15H2,2-4H3/b21-13-. The molecule has 0 aliphatic carbocycles. The zero-order valence-electron chi connectivity index (χ0n) is 17.0. The highest BCUT2D eigenvalue weighted by atomic mass is 16.7. The first-order valence-corrected chi connectivity index (χ1v) is 9.58. The van der Waals surface area contributed by atoms with E-state index in [0.29, 0.717) is 42.4 Å². The lowest BCUT2D eigenvalue weighted by Crippen LogP contribution is -2.05. The van der Waals surface area contributed by atoms with Gasteiger partial charge in [-0.2, -0.15) is 0 Å². The van der Waals surface area contributed by atoms with Gasteiger partial charge in [-0.25, -0.2) is 4.79 Å². The Morgan fingerprint density at radius 1 is 1.14 bits per heavy atom. The molecule has 1 aliphatic heterocycles. The van der Waals surface area contributed by atoms with E-state index in [4.69, 9.17) is 14.3 Å². The molecule has 1 aliphatic rings. The molecule has 0 saturated carbocycles. The lowest BCUT2D eigenvalue weighted by Gasteiger charge is -2.17. The number of ether oxygens (including phenoxy) is 2.